The maximum Gasteiger partial charge on any atom is 0.159 e. The van der Waals surface area contributed by atoms with Crippen LogP contribution < -0.4 is 0 Å². The first-order valence-corrected chi connectivity index (χ1v) is 5.04. The minimum Gasteiger partial charge on any atom is -0.378 e. The van der Waals surface area contributed by atoms with Gasteiger partial charge >= 0.3 is 0 Å². The summed E-state index contributed by atoms with van der Waals surface area (Å²) in [6.07, 6.45) is 3.66. The molecule has 0 aliphatic carbocycles. The van der Waals surface area contributed by atoms with E-state index >= 15 is 0 Å². The van der Waals surface area contributed by atoms with Crippen LogP contribution in [0.1, 0.15) is 33.6 Å². The topological polar surface area (TPSA) is 38.7 Å². The molecule has 0 saturated heterocycles. The van der Waals surface area contributed by atoms with Crippen molar-refractivity contribution in [1.82, 2.24) is 0 Å². The average Bonchev–Trinajstić information content (AvgIpc) is 2.02. The van der Waals surface area contributed by atoms with Gasteiger partial charge in [-0.25, -0.2) is 0 Å². The van der Waals surface area contributed by atoms with Crippen molar-refractivity contribution in [2.75, 3.05) is 13.2 Å². The van der Waals surface area contributed by atoms with Gasteiger partial charge in [0.05, 0.1) is 19.3 Å². The molecule has 0 aromatic heterocycles. The Morgan fingerprint density at radius 2 is 2.07 bits per heavy atom. The van der Waals surface area contributed by atoms with Crippen molar-refractivity contribution in [2.45, 2.75) is 45.5 Å². The lowest BCUT2D eigenvalue weighted by Crippen LogP contribution is -2.25. The third kappa shape index (κ3) is 9.71. The van der Waals surface area contributed by atoms with Gasteiger partial charge in [-0.1, -0.05) is 6.08 Å². The Morgan fingerprint density at radius 3 is 2.57 bits per heavy atom. The van der Waals surface area contributed by atoms with Crippen LogP contribution in [0.15, 0.2) is 12.7 Å². The molecule has 3 nitrogen and oxygen atoms in total. The van der Waals surface area contributed by atoms with Gasteiger partial charge in [0.2, 0.25) is 0 Å². The van der Waals surface area contributed by atoms with Crippen LogP contribution in [-0.4, -0.2) is 30.2 Å². The molecule has 0 heterocycles. The van der Waals surface area contributed by atoms with Crippen LogP contribution in [0, 0.1) is 0 Å². The zero-order valence-corrected chi connectivity index (χ0v) is 9.45. The van der Waals surface area contributed by atoms with Gasteiger partial charge in [0.1, 0.15) is 0 Å². The predicted molar refractivity (Wildman–Crippen MR) is 57.1 cm³/mol. The third-order valence-electron chi connectivity index (χ3n) is 1.70. The Kier molecular flexibility index (Phi) is 6.79. The first kappa shape index (κ1) is 13.6. The number of rotatable bonds is 8. The Morgan fingerprint density at radius 1 is 1.43 bits per heavy atom. The highest BCUT2D eigenvalue weighted by molar-refractivity contribution is 4.65. The van der Waals surface area contributed by atoms with E-state index in [0.717, 1.165) is 12.8 Å². The Labute approximate surface area is 86.7 Å². The van der Waals surface area contributed by atoms with Gasteiger partial charge in [0.25, 0.3) is 0 Å². The van der Waals surface area contributed by atoms with Crippen molar-refractivity contribution < 1.29 is 14.6 Å². The predicted octanol–water partition coefficient (Wildman–Crippen LogP) is 2.10. The van der Waals surface area contributed by atoms with E-state index < -0.39 is 5.79 Å². The molecule has 0 aromatic carbocycles. The van der Waals surface area contributed by atoms with Crippen LogP contribution in [-0.2, 0) is 9.47 Å². The molecule has 84 valence electrons. The molecule has 0 aliphatic heterocycles. The summed E-state index contributed by atoms with van der Waals surface area (Å²) in [4.78, 5) is 0. The van der Waals surface area contributed by atoms with E-state index in [0.29, 0.717) is 13.2 Å². The van der Waals surface area contributed by atoms with Crippen molar-refractivity contribution in [3.8, 4) is 0 Å². The van der Waals surface area contributed by atoms with Crippen LogP contribution in [0.25, 0.3) is 0 Å². The lowest BCUT2D eigenvalue weighted by Gasteiger charge is -2.19. The second-order valence-corrected chi connectivity index (χ2v) is 3.84. The molecule has 1 unspecified atom stereocenters. The molecule has 0 spiro atoms. The van der Waals surface area contributed by atoms with Crippen molar-refractivity contribution in [3.63, 3.8) is 0 Å². The summed E-state index contributed by atoms with van der Waals surface area (Å²) in [6, 6.07) is 0. The van der Waals surface area contributed by atoms with Crippen molar-refractivity contribution in [2.24, 2.45) is 0 Å². The van der Waals surface area contributed by atoms with Crippen LogP contribution in [0.4, 0.5) is 0 Å². The highest BCUT2D eigenvalue weighted by atomic mass is 16.6. The molecule has 0 fully saturated rings. The second kappa shape index (κ2) is 6.98. The van der Waals surface area contributed by atoms with E-state index in [-0.39, 0.29) is 6.10 Å². The minimum atomic E-state index is -1.04. The highest BCUT2D eigenvalue weighted by Gasteiger charge is 2.12. The van der Waals surface area contributed by atoms with Crippen LogP contribution >= 0.6 is 0 Å². The molecule has 0 aliphatic rings. The van der Waals surface area contributed by atoms with Crippen molar-refractivity contribution >= 4 is 0 Å². The molecule has 3 heteroatoms. The lowest BCUT2D eigenvalue weighted by atomic mass is 10.3. The first-order chi connectivity index (χ1) is 6.45. The van der Waals surface area contributed by atoms with E-state index in [1.165, 1.54) is 0 Å². The average molecular weight is 202 g/mol. The number of ether oxygens (including phenoxy) is 2. The zero-order chi connectivity index (χ0) is 11.0. The summed E-state index contributed by atoms with van der Waals surface area (Å²) in [5, 5.41) is 9.27. The van der Waals surface area contributed by atoms with Gasteiger partial charge in [0, 0.05) is 0 Å². The minimum absolute atomic E-state index is 0.164. The van der Waals surface area contributed by atoms with Gasteiger partial charge in [-0.3, -0.25) is 0 Å². The second-order valence-electron chi connectivity index (χ2n) is 3.84. The monoisotopic (exact) mass is 202 g/mol. The van der Waals surface area contributed by atoms with Gasteiger partial charge < -0.3 is 14.6 Å². The van der Waals surface area contributed by atoms with Crippen molar-refractivity contribution in [3.05, 3.63) is 12.7 Å². The fourth-order valence-corrected chi connectivity index (χ4v) is 0.911. The lowest BCUT2D eigenvalue weighted by molar-refractivity contribution is -0.179. The molecule has 14 heavy (non-hydrogen) atoms. The molecule has 0 radical (unpaired) electrons. The van der Waals surface area contributed by atoms with Crippen LogP contribution in [0.5, 0.6) is 0 Å². The van der Waals surface area contributed by atoms with Gasteiger partial charge in [-0.15, -0.1) is 6.58 Å². The molecular formula is C11H22O3. The maximum atomic E-state index is 9.27. The molecule has 0 saturated carbocycles. The number of hydrogen-bond acceptors (Lipinski definition) is 3. The molecule has 0 aromatic rings. The first-order valence-electron chi connectivity index (χ1n) is 5.04. The summed E-state index contributed by atoms with van der Waals surface area (Å²) in [5.41, 5.74) is 0. The maximum absolute atomic E-state index is 9.27. The molecule has 1 atom stereocenters. The fraction of sp³-hybridized carbons (Fsp3) is 0.818. The van der Waals surface area contributed by atoms with E-state index in [1.54, 1.807) is 13.8 Å². The summed E-state index contributed by atoms with van der Waals surface area (Å²) in [7, 11) is 0. The standard InChI is InChI=1S/C11H22O3/c1-5-6-8-13-10(2)7-9-14-11(3,4)12/h5,10,12H,1,6-9H2,2-4H3. The van der Waals surface area contributed by atoms with E-state index in [4.69, 9.17) is 9.47 Å². The quantitative estimate of drug-likeness (QED) is 0.372. The molecule has 0 rings (SSSR count). The smallest absolute Gasteiger partial charge is 0.159 e. The summed E-state index contributed by atoms with van der Waals surface area (Å²) in [5.74, 6) is -1.04. The summed E-state index contributed by atoms with van der Waals surface area (Å²) < 4.78 is 10.6. The Hall–Kier alpha value is -0.380. The largest absolute Gasteiger partial charge is 0.378 e. The fourth-order valence-electron chi connectivity index (χ4n) is 0.911. The molecule has 0 amide bonds. The van der Waals surface area contributed by atoms with Crippen molar-refractivity contribution in [1.29, 1.82) is 0 Å². The Bertz CT molecular complexity index is 149. The molecule has 0 bridgehead atoms. The van der Waals surface area contributed by atoms with E-state index in [1.807, 2.05) is 13.0 Å². The van der Waals surface area contributed by atoms with E-state index in [2.05, 4.69) is 6.58 Å². The number of hydrogen-bond donors (Lipinski definition) is 1. The zero-order valence-electron chi connectivity index (χ0n) is 9.45. The van der Waals surface area contributed by atoms with Gasteiger partial charge in [0.15, 0.2) is 5.79 Å². The van der Waals surface area contributed by atoms with Crippen LogP contribution in [0.2, 0.25) is 0 Å². The normalized spacial score (nSPS) is 14.0. The summed E-state index contributed by atoms with van der Waals surface area (Å²) in [6.45, 7) is 10.1. The van der Waals surface area contributed by atoms with E-state index in [9.17, 15) is 5.11 Å². The summed E-state index contributed by atoms with van der Waals surface area (Å²) >= 11 is 0. The van der Waals surface area contributed by atoms with Crippen LogP contribution in [0.3, 0.4) is 0 Å². The number of aliphatic hydroxyl groups is 1. The molecular weight excluding hydrogens is 180 g/mol. The third-order valence-corrected chi connectivity index (χ3v) is 1.70. The Balaban J connectivity index is 3.35. The van der Waals surface area contributed by atoms with Gasteiger partial charge in [-0.05, 0) is 33.6 Å². The van der Waals surface area contributed by atoms with Gasteiger partial charge in [-0.2, -0.15) is 0 Å². The molecule has 1 N–H and O–H groups in total. The SMILES string of the molecule is C=CCCOC(C)CCOC(C)(C)O. The highest BCUT2D eigenvalue weighted by Crippen LogP contribution is 2.06.